The molecule has 3 heteroatoms. The molecule has 0 aliphatic heterocycles. The van der Waals surface area contributed by atoms with Crippen molar-refractivity contribution in [2.24, 2.45) is 5.73 Å². The van der Waals surface area contributed by atoms with Gasteiger partial charge in [0.15, 0.2) is 0 Å². The van der Waals surface area contributed by atoms with Crippen molar-refractivity contribution in [3.63, 3.8) is 0 Å². The number of amides is 1. The van der Waals surface area contributed by atoms with Crippen LogP contribution in [0.15, 0.2) is 30.5 Å². The van der Waals surface area contributed by atoms with Gasteiger partial charge in [-0.1, -0.05) is 18.2 Å². The van der Waals surface area contributed by atoms with Crippen LogP contribution >= 0.6 is 0 Å². The summed E-state index contributed by atoms with van der Waals surface area (Å²) < 4.78 is 2.13. The Labute approximate surface area is 88.5 Å². The van der Waals surface area contributed by atoms with Crippen LogP contribution in [0.2, 0.25) is 0 Å². The van der Waals surface area contributed by atoms with Crippen molar-refractivity contribution in [2.75, 3.05) is 0 Å². The molecule has 0 atom stereocenters. The monoisotopic (exact) mass is 202 g/mol. The van der Waals surface area contributed by atoms with Crippen molar-refractivity contribution in [2.45, 2.75) is 19.9 Å². The molecule has 0 radical (unpaired) electrons. The minimum atomic E-state index is -0.283. The maximum Gasteiger partial charge on any atom is 0.221 e. The Bertz CT molecular complexity index is 499. The predicted octanol–water partition coefficient (Wildman–Crippen LogP) is 1.69. The van der Waals surface area contributed by atoms with E-state index in [1.54, 1.807) is 0 Å². The zero-order chi connectivity index (χ0) is 10.8. The second-order valence-electron chi connectivity index (χ2n) is 3.60. The van der Waals surface area contributed by atoms with Crippen LogP contribution in [0.25, 0.3) is 10.9 Å². The average Bonchev–Trinajstić information content (AvgIpc) is 2.56. The number of carbonyl (C=O) groups is 1. The summed E-state index contributed by atoms with van der Waals surface area (Å²) in [6, 6.07) is 8.07. The lowest BCUT2D eigenvalue weighted by atomic mass is 10.1. The molecule has 0 fully saturated rings. The Hall–Kier alpha value is -1.77. The molecule has 1 aromatic heterocycles. The number of benzene rings is 1. The molecule has 0 aliphatic carbocycles. The van der Waals surface area contributed by atoms with Gasteiger partial charge in [-0.25, -0.2) is 0 Å². The lowest BCUT2D eigenvalue weighted by Gasteiger charge is -1.98. The van der Waals surface area contributed by atoms with Crippen LogP contribution in [0.4, 0.5) is 0 Å². The molecule has 15 heavy (non-hydrogen) atoms. The second-order valence-corrected chi connectivity index (χ2v) is 3.60. The number of aromatic nitrogens is 1. The molecule has 0 unspecified atom stereocenters. The van der Waals surface area contributed by atoms with Crippen LogP contribution in [0.1, 0.15) is 12.5 Å². The van der Waals surface area contributed by atoms with E-state index in [0.29, 0.717) is 6.42 Å². The maximum atomic E-state index is 10.9. The molecule has 0 saturated heterocycles. The number of para-hydroxylation sites is 1. The number of fused-ring (bicyclic) bond motifs is 1. The minimum Gasteiger partial charge on any atom is -0.369 e. The summed E-state index contributed by atoms with van der Waals surface area (Å²) in [5.41, 5.74) is 7.40. The Morgan fingerprint density at radius 1 is 1.40 bits per heavy atom. The second kappa shape index (κ2) is 3.77. The van der Waals surface area contributed by atoms with E-state index in [4.69, 9.17) is 5.73 Å². The van der Waals surface area contributed by atoms with Crippen molar-refractivity contribution >= 4 is 16.8 Å². The van der Waals surface area contributed by atoms with Gasteiger partial charge in [0.2, 0.25) is 5.91 Å². The van der Waals surface area contributed by atoms with E-state index in [1.807, 2.05) is 24.4 Å². The number of primary amides is 1. The number of hydrogen-bond acceptors (Lipinski definition) is 1. The van der Waals surface area contributed by atoms with Gasteiger partial charge < -0.3 is 10.3 Å². The van der Waals surface area contributed by atoms with Crippen molar-refractivity contribution in [1.29, 1.82) is 0 Å². The van der Waals surface area contributed by atoms with Gasteiger partial charge in [0, 0.05) is 23.6 Å². The van der Waals surface area contributed by atoms with Crippen LogP contribution in [-0.4, -0.2) is 10.5 Å². The highest BCUT2D eigenvalue weighted by molar-refractivity contribution is 5.88. The molecular weight excluding hydrogens is 188 g/mol. The third kappa shape index (κ3) is 1.73. The Kier molecular flexibility index (Phi) is 2.46. The fraction of sp³-hybridized carbons (Fsp3) is 0.250. The van der Waals surface area contributed by atoms with Crippen LogP contribution in [-0.2, 0) is 17.8 Å². The summed E-state index contributed by atoms with van der Waals surface area (Å²) >= 11 is 0. The summed E-state index contributed by atoms with van der Waals surface area (Å²) in [6.45, 7) is 2.99. The first-order chi connectivity index (χ1) is 7.22. The molecule has 1 aromatic carbocycles. The third-order valence-electron chi connectivity index (χ3n) is 2.58. The molecule has 2 rings (SSSR count). The van der Waals surface area contributed by atoms with Crippen LogP contribution in [0.5, 0.6) is 0 Å². The van der Waals surface area contributed by atoms with Crippen molar-refractivity contribution < 1.29 is 4.79 Å². The van der Waals surface area contributed by atoms with Gasteiger partial charge in [0.25, 0.3) is 0 Å². The fourth-order valence-corrected chi connectivity index (χ4v) is 1.91. The number of carbonyl (C=O) groups excluding carboxylic acids is 1. The summed E-state index contributed by atoms with van der Waals surface area (Å²) in [4.78, 5) is 10.9. The first-order valence-electron chi connectivity index (χ1n) is 5.07. The van der Waals surface area contributed by atoms with E-state index in [1.165, 1.54) is 0 Å². The number of nitrogens with zero attached hydrogens (tertiary/aromatic N) is 1. The molecule has 0 spiro atoms. The molecular formula is C12H14N2O. The Balaban J connectivity index is 2.59. The molecule has 0 bridgehead atoms. The molecule has 3 nitrogen and oxygen atoms in total. The number of aryl methyl sites for hydroxylation is 1. The highest BCUT2D eigenvalue weighted by Gasteiger charge is 2.08. The fourth-order valence-electron chi connectivity index (χ4n) is 1.91. The summed E-state index contributed by atoms with van der Waals surface area (Å²) in [5, 5.41) is 1.12. The zero-order valence-corrected chi connectivity index (χ0v) is 8.73. The van der Waals surface area contributed by atoms with E-state index in [-0.39, 0.29) is 5.91 Å². The standard InChI is InChI=1S/C12H14N2O/c1-2-14-8-9(7-12(13)15)10-5-3-4-6-11(10)14/h3-6,8H,2,7H2,1H3,(H2,13,15). The quantitative estimate of drug-likeness (QED) is 0.809. The Morgan fingerprint density at radius 2 is 2.13 bits per heavy atom. The first-order valence-corrected chi connectivity index (χ1v) is 5.07. The van der Waals surface area contributed by atoms with Gasteiger partial charge in [-0.05, 0) is 18.6 Å². The van der Waals surface area contributed by atoms with Crippen molar-refractivity contribution in [3.05, 3.63) is 36.0 Å². The normalized spacial score (nSPS) is 10.7. The summed E-state index contributed by atoms with van der Waals surface area (Å²) in [5.74, 6) is -0.283. The van der Waals surface area contributed by atoms with E-state index < -0.39 is 0 Å². The molecule has 1 amide bonds. The molecule has 0 saturated carbocycles. The highest BCUT2D eigenvalue weighted by atomic mass is 16.1. The van der Waals surface area contributed by atoms with Crippen molar-refractivity contribution in [1.82, 2.24) is 4.57 Å². The molecule has 2 aromatic rings. The topological polar surface area (TPSA) is 48.0 Å². The van der Waals surface area contributed by atoms with Gasteiger partial charge in [-0.2, -0.15) is 0 Å². The van der Waals surface area contributed by atoms with E-state index in [2.05, 4.69) is 17.6 Å². The van der Waals surface area contributed by atoms with Gasteiger partial charge in [0.1, 0.15) is 0 Å². The van der Waals surface area contributed by atoms with Gasteiger partial charge in [0.05, 0.1) is 6.42 Å². The average molecular weight is 202 g/mol. The predicted molar refractivity (Wildman–Crippen MR) is 60.5 cm³/mol. The van der Waals surface area contributed by atoms with Gasteiger partial charge in [-0.3, -0.25) is 4.79 Å². The minimum absolute atomic E-state index is 0.283. The van der Waals surface area contributed by atoms with E-state index in [0.717, 1.165) is 23.0 Å². The van der Waals surface area contributed by atoms with Crippen LogP contribution in [0.3, 0.4) is 0 Å². The van der Waals surface area contributed by atoms with Gasteiger partial charge >= 0.3 is 0 Å². The lowest BCUT2D eigenvalue weighted by Crippen LogP contribution is -2.13. The highest BCUT2D eigenvalue weighted by Crippen LogP contribution is 2.21. The first kappa shape index (κ1) is 9.77. The van der Waals surface area contributed by atoms with Gasteiger partial charge in [-0.15, -0.1) is 0 Å². The number of rotatable bonds is 3. The smallest absolute Gasteiger partial charge is 0.221 e. The maximum absolute atomic E-state index is 10.9. The summed E-state index contributed by atoms with van der Waals surface area (Å²) in [6.07, 6.45) is 2.32. The Morgan fingerprint density at radius 3 is 2.80 bits per heavy atom. The van der Waals surface area contributed by atoms with E-state index >= 15 is 0 Å². The van der Waals surface area contributed by atoms with E-state index in [9.17, 15) is 4.79 Å². The van der Waals surface area contributed by atoms with Crippen LogP contribution < -0.4 is 5.73 Å². The molecule has 2 N–H and O–H groups in total. The third-order valence-corrected chi connectivity index (χ3v) is 2.58. The number of nitrogens with two attached hydrogens (primary N) is 1. The summed E-state index contributed by atoms with van der Waals surface area (Å²) in [7, 11) is 0. The zero-order valence-electron chi connectivity index (χ0n) is 8.73. The number of hydrogen-bond donors (Lipinski definition) is 1. The van der Waals surface area contributed by atoms with Crippen molar-refractivity contribution in [3.8, 4) is 0 Å². The molecule has 0 aliphatic rings. The van der Waals surface area contributed by atoms with Crippen LogP contribution in [0, 0.1) is 0 Å². The molecule has 1 heterocycles. The SMILES string of the molecule is CCn1cc(CC(N)=O)c2ccccc21. The lowest BCUT2D eigenvalue weighted by molar-refractivity contribution is -0.117. The largest absolute Gasteiger partial charge is 0.369 e. The molecule has 78 valence electrons.